The van der Waals surface area contributed by atoms with Crippen LogP contribution in [0, 0.1) is 0 Å². The summed E-state index contributed by atoms with van der Waals surface area (Å²) in [6.45, 7) is 2.70. The van der Waals surface area contributed by atoms with E-state index in [2.05, 4.69) is 15.3 Å². The molecule has 2 rings (SSSR count). The molecule has 1 N–H and O–H groups in total. The number of thiazole rings is 1. The maximum Gasteiger partial charge on any atom is 0.270 e. The fourth-order valence-electron chi connectivity index (χ4n) is 1.33. The molecule has 0 fully saturated rings. The standard InChI is InChI=1S/C12H13N3OS/c1-2-5-14-11(16)10-8-17-12(15-10)9-3-6-13-7-4-9/h3-4,6-8H,2,5H2,1H3,(H,14,16). The summed E-state index contributed by atoms with van der Waals surface area (Å²) in [7, 11) is 0. The second-order valence-corrected chi connectivity index (χ2v) is 4.39. The Labute approximate surface area is 104 Å². The van der Waals surface area contributed by atoms with Gasteiger partial charge in [0.2, 0.25) is 0 Å². The number of hydrogen-bond acceptors (Lipinski definition) is 4. The Balaban J connectivity index is 2.14. The van der Waals surface area contributed by atoms with Crippen LogP contribution in [0.25, 0.3) is 10.6 Å². The highest BCUT2D eigenvalue weighted by molar-refractivity contribution is 7.13. The molecule has 0 atom stereocenters. The van der Waals surface area contributed by atoms with Crippen molar-refractivity contribution in [3.05, 3.63) is 35.6 Å². The molecule has 1 amide bonds. The molecular weight excluding hydrogens is 234 g/mol. The lowest BCUT2D eigenvalue weighted by molar-refractivity contribution is 0.0949. The Bertz CT molecular complexity index is 495. The van der Waals surface area contributed by atoms with E-state index in [4.69, 9.17) is 0 Å². The van der Waals surface area contributed by atoms with E-state index >= 15 is 0 Å². The molecule has 0 unspecified atom stereocenters. The molecule has 0 bridgehead atoms. The zero-order valence-corrected chi connectivity index (χ0v) is 10.3. The summed E-state index contributed by atoms with van der Waals surface area (Å²) in [6, 6.07) is 3.76. The molecule has 0 aliphatic heterocycles. The third-order valence-corrected chi connectivity index (χ3v) is 3.09. The summed E-state index contributed by atoms with van der Waals surface area (Å²) in [4.78, 5) is 19.9. The van der Waals surface area contributed by atoms with Gasteiger partial charge < -0.3 is 5.32 Å². The number of rotatable bonds is 4. The van der Waals surface area contributed by atoms with Gasteiger partial charge in [-0.15, -0.1) is 11.3 Å². The van der Waals surface area contributed by atoms with Gasteiger partial charge in [0.05, 0.1) is 0 Å². The molecular formula is C12H13N3OS. The Kier molecular flexibility index (Phi) is 3.82. The third kappa shape index (κ3) is 2.88. The Morgan fingerprint density at radius 2 is 2.18 bits per heavy atom. The zero-order chi connectivity index (χ0) is 12.1. The van der Waals surface area contributed by atoms with Crippen molar-refractivity contribution in [2.75, 3.05) is 6.54 Å². The van der Waals surface area contributed by atoms with Crippen molar-refractivity contribution in [1.82, 2.24) is 15.3 Å². The van der Waals surface area contributed by atoms with Crippen LogP contribution >= 0.6 is 11.3 Å². The monoisotopic (exact) mass is 247 g/mol. The molecule has 0 saturated carbocycles. The van der Waals surface area contributed by atoms with Crippen LogP contribution in [-0.2, 0) is 0 Å². The highest BCUT2D eigenvalue weighted by Gasteiger charge is 2.10. The average molecular weight is 247 g/mol. The minimum atomic E-state index is -0.108. The SMILES string of the molecule is CCCNC(=O)c1csc(-c2ccncc2)n1. The number of pyridine rings is 1. The van der Waals surface area contributed by atoms with E-state index in [0.29, 0.717) is 12.2 Å². The number of nitrogens with one attached hydrogen (secondary N) is 1. The van der Waals surface area contributed by atoms with Gasteiger partial charge >= 0.3 is 0 Å². The summed E-state index contributed by atoms with van der Waals surface area (Å²) in [6.07, 6.45) is 4.36. The first-order valence-electron chi connectivity index (χ1n) is 5.45. The molecule has 0 aliphatic rings. The number of nitrogens with zero attached hydrogens (tertiary/aromatic N) is 2. The molecule has 0 radical (unpaired) electrons. The second-order valence-electron chi connectivity index (χ2n) is 3.53. The lowest BCUT2D eigenvalue weighted by Crippen LogP contribution is -2.24. The second kappa shape index (κ2) is 5.54. The first-order valence-corrected chi connectivity index (χ1v) is 6.33. The first-order chi connectivity index (χ1) is 8.31. The summed E-state index contributed by atoms with van der Waals surface area (Å²) in [5.74, 6) is -0.108. The number of hydrogen-bond donors (Lipinski definition) is 1. The lowest BCUT2D eigenvalue weighted by atomic mass is 10.3. The van der Waals surface area contributed by atoms with Gasteiger partial charge in [0, 0.05) is 29.9 Å². The third-order valence-electron chi connectivity index (χ3n) is 2.20. The highest BCUT2D eigenvalue weighted by Crippen LogP contribution is 2.22. The molecule has 2 aromatic rings. The molecule has 2 heterocycles. The molecule has 4 nitrogen and oxygen atoms in total. The predicted octanol–water partition coefficient (Wildman–Crippen LogP) is 2.34. The smallest absolute Gasteiger partial charge is 0.270 e. The van der Waals surface area contributed by atoms with Gasteiger partial charge in [0.1, 0.15) is 10.7 Å². The highest BCUT2D eigenvalue weighted by atomic mass is 32.1. The molecule has 88 valence electrons. The minimum Gasteiger partial charge on any atom is -0.351 e. The van der Waals surface area contributed by atoms with Crippen molar-refractivity contribution in [2.45, 2.75) is 13.3 Å². The summed E-state index contributed by atoms with van der Waals surface area (Å²) in [5, 5.41) is 5.43. The van der Waals surface area contributed by atoms with Crippen molar-refractivity contribution in [2.24, 2.45) is 0 Å². The maximum absolute atomic E-state index is 11.7. The summed E-state index contributed by atoms with van der Waals surface area (Å²) >= 11 is 1.46. The minimum absolute atomic E-state index is 0.108. The van der Waals surface area contributed by atoms with Gasteiger partial charge in [-0.25, -0.2) is 4.98 Å². The topological polar surface area (TPSA) is 54.9 Å². The van der Waals surface area contributed by atoms with Crippen LogP contribution < -0.4 is 5.32 Å². The number of carbonyl (C=O) groups is 1. The zero-order valence-electron chi connectivity index (χ0n) is 9.51. The van der Waals surface area contributed by atoms with E-state index < -0.39 is 0 Å². The van der Waals surface area contributed by atoms with Gasteiger partial charge in [-0.3, -0.25) is 9.78 Å². The fraction of sp³-hybridized carbons (Fsp3) is 0.250. The average Bonchev–Trinajstić information content (AvgIpc) is 2.86. The van der Waals surface area contributed by atoms with E-state index in [1.54, 1.807) is 17.8 Å². The van der Waals surface area contributed by atoms with Gasteiger partial charge in [-0.2, -0.15) is 0 Å². The van der Waals surface area contributed by atoms with E-state index in [0.717, 1.165) is 17.0 Å². The first kappa shape index (κ1) is 11.7. The van der Waals surface area contributed by atoms with Gasteiger partial charge in [-0.1, -0.05) is 6.92 Å². The summed E-state index contributed by atoms with van der Waals surface area (Å²) in [5.41, 5.74) is 1.47. The molecule has 17 heavy (non-hydrogen) atoms. The molecule has 0 aliphatic carbocycles. The molecule has 0 saturated heterocycles. The van der Waals surface area contributed by atoms with Crippen LogP contribution in [0.1, 0.15) is 23.8 Å². The molecule has 2 aromatic heterocycles. The number of carbonyl (C=O) groups excluding carboxylic acids is 1. The van der Waals surface area contributed by atoms with E-state index in [-0.39, 0.29) is 5.91 Å². The quantitative estimate of drug-likeness (QED) is 0.902. The fourth-order valence-corrected chi connectivity index (χ4v) is 2.14. The van der Waals surface area contributed by atoms with Crippen LogP contribution in [0.3, 0.4) is 0 Å². The van der Waals surface area contributed by atoms with Crippen molar-refractivity contribution >= 4 is 17.2 Å². The molecule has 0 spiro atoms. The maximum atomic E-state index is 11.7. The Morgan fingerprint density at radius 3 is 2.88 bits per heavy atom. The van der Waals surface area contributed by atoms with E-state index in [9.17, 15) is 4.79 Å². The Morgan fingerprint density at radius 1 is 1.41 bits per heavy atom. The van der Waals surface area contributed by atoms with Gasteiger partial charge in [0.25, 0.3) is 5.91 Å². The van der Waals surface area contributed by atoms with Crippen molar-refractivity contribution < 1.29 is 4.79 Å². The van der Waals surface area contributed by atoms with Crippen molar-refractivity contribution in [1.29, 1.82) is 0 Å². The van der Waals surface area contributed by atoms with Crippen LogP contribution in [0.5, 0.6) is 0 Å². The van der Waals surface area contributed by atoms with E-state index in [1.807, 2.05) is 19.1 Å². The number of amides is 1. The molecule has 0 aromatic carbocycles. The van der Waals surface area contributed by atoms with Crippen molar-refractivity contribution in [3.8, 4) is 10.6 Å². The van der Waals surface area contributed by atoms with Gasteiger partial charge in [-0.05, 0) is 18.6 Å². The van der Waals surface area contributed by atoms with E-state index in [1.165, 1.54) is 11.3 Å². The van der Waals surface area contributed by atoms with Crippen LogP contribution in [0.2, 0.25) is 0 Å². The molecule has 5 heteroatoms. The Hall–Kier alpha value is -1.75. The van der Waals surface area contributed by atoms with Crippen LogP contribution in [-0.4, -0.2) is 22.4 Å². The normalized spacial score (nSPS) is 10.2. The lowest BCUT2D eigenvalue weighted by Gasteiger charge is -1.99. The summed E-state index contributed by atoms with van der Waals surface area (Å²) < 4.78 is 0. The van der Waals surface area contributed by atoms with Crippen molar-refractivity contribution in [3.63, 3.8) is 0 Å². The van der Waals surface area contributed by atoms with Crippen LogP contribution in [0.15, 0.2) is 29.9 Å². The largest absolute Gasteiger partial charge is 0.351 e. The van der Waals surface area contributed by atoms with Crippen LogP contribution in [0.4, 0.5) is 0 Å². The number of aromatic nitrogens is 2. The van der Waals surface area contributed by atoms with Gasteiger partial charge in [0.15, 0.2) is 0 Å². The predicted molar refractivity (Wildman–Crippen MR) is 68.0 cm³/mol.